The standard InChI is InChI=1S/C24H35N3O3/c1-4-20(28)25-21(17(2)3)23(29)27-16-13-19-11-8-14-26(24(30)22(19)27)15-12-18-9-6-5-7-10-18/h5-7,9-10,17,19,21-22H,4,8,11-16H2,1-3H3,(H,25,28). The monoisotopic (exact) mass is 413 g/mol. The van der Waals surface area contributed by atoms with Gasteiger partial charge in [-0.1, -0.05) is 51.1 Å². The Balaban J connectivity index is 1.73. The van der Waals surface area contributed by atoms with Gasteiger partial charge in [-0.25, -0.2) is 0 Å². The second-order valence-electron chi connectivity index (χ2n) is 8.87. The molecule has 3 amide bonds. The first-order valence-electron chi connectivity index (χ1n) is 11.3. The molecule has 2 heterocycles. The molecule has 0 aliphatic carbocycles. The van der Waals surface area contributed by atoms with Crippen molar-refractivity contribution in [3.8, 4) is 0 Å². The Hall–Kier alpha value is -2.37. The van der Waals surface area contributed by atoms with Gasteiger partial charge in [0.2, 0.25) is 17.7 Å². The summed E-state index contributed by atoms with van der Waals surface area (Å²) in [5.74, 6) is 0.0237. The maximum absolute atomic E-state index is 13.5. The van der Waals surface area contributed by atoms with Crippen molar-refractivity contribution in [3.05, 3.63) is 35.9 Å². The summed E-state index contributed by atoms with van der Waals surface area (Å²) in [5.41, 5.74) is 1.22. The van der Waals surface area contributed by atoms with E-state index in [1.807, 2.05) is 36.9 Å². The van der Waals surface area contributed by atoms with Crippen molar-refractivity contribution >= 4 is 17.7 Å². The van der Waals surface area contributed by atoms with Crippen LogP contribution in [0, 0.1) is 11.8 Å². The Kier molecular flexibility index (Phi) is 7.51. The first kappa shape index (κ1) is 22.3. The minimum Gasteiger partial charge on any atom is -0.344 e. The van der Waals surface area contributed by atoms with E-state index in [1.165, 1.54) is 5.56 Å². The molecule has 3 rings (SSSR count). The van der Waals surface area contributed by atoms with E-state index in [1.54, 1.807) is 11.8 Å². The molecule has 2 saturated heterocycles. The van der Waals surface area contributed by atoms with Gasteiger partial charge in [-0.3, -0.25) is 14.4 Å². The Bertz CT molecular complexity index is 749. The summed E-state index contributed by atoms with van der Waals surface area (Å²) in [6.45, 7) is 7.68. The second kappa shape index (κ2) is 10.1. The number of likely N-dealkylation sites (tertiary alicyclic amines) is 2. The lowest BCUT2D eigenvalue weighted by Crippen LogP contribution is -2.56. The molecule has 3 atom stereocenters. The molecule has 0 bridgehead atoms. The number of fused-ring (bicyclic) bond motifs is 1. The zero-order valence-electron chi connectivity index (χ0n) is 18.5. The number of rotatable bonds is 7. The van der Waals surface area contributed by atoms with Crippen LogP contribution in [0.3, 0.4) is 0 Å². The normalized spacial score (nSPS) is 22.6. The molecule has 1 N–H and O–H groups in total. The van der Waals surface area contributed by atoms with Crippen LogP contribution in [-0.2, 0) is 20.8 Å². The van der Waals surface area contributed by atoms with Crippen molar-refractivity contribution in [3.63, 3.8) is 0 Å². The van der Waals surface area contributed by atoms with E-state index >= 15 is 0 Å². The van der Waals surface area contributed by atoms with Crippen LogP contribution in [0.15, 0.2) is 30.3 Å². The summed E-state index contributed by atoms with van der Waals surface area (Å²) in [4.78, 5) is 42.5. The molecule has 1 aromatic rings. The van der Waals surface area contributed by atoms with E-state index in [0.717, 1.165) is 32.2 Å². The summed E-state index contributed by atoms with van der Waals surface area (Å²) in [7, 11) is 0. The van der Waals surface area contributed by atoms with Crippen LogP contribution in [0.2, 0.25) is 0 Å². The third-order valence-electron chi connectivity index (χ3n) is 6.46. The lowest BCUT2D eigenvalue weighted by molar-refractivity contribution is -0.146. The van der Waals surface area contributed by atoms with E-state index in [9.17, 15) is 14.4 Å². The Morgan fingerprint density at radius 2 is 1.87 bits per heavy atom. The largest absolute Gasteiger partial charge is 0.344 e. The molecule has 0 radical (unpaired) electrons. The molecule has 164 valence electrons. The molecular formula is C24H35N3O3. The maximum atomic E-state index is 13.5. The smallest absolute Gasteiger partial charge is 0.246 e. The highest BCUT2D eigenvalue weighted by Gasteiger charge is 2.46. The zero-order chi connectivity index (χ0) is 21.7. The Morgan fingerprint density at radius 3 is 2.53 bits per heavy atom. The van der Waals surface area contributed by atoms with Gasteiger partial charge in [0.05, 0.1) is 0 Å². The molecule has 0 spiro atoms. The number of amides is 3. The highest BCUT2D eigenvalue weighted by atomic mass is 16.2. The quantitative estimate of drug-likeness (QED) is 0.747. The minimum absolute atomic E-state index is 0.0258. The molecule has 1 aromatic carbocycles. The van der Waals surface area contributed by atoms with Gasteiger partial charge in [-0.05, 0) is 43.1 Å². The van der Waals surface area contributed by atoms with Crippen molar-refractivity contribution in [2.24, 2.45) is 11.8 Å². The molecule has 0 saturated carbocycles. The molecule has 0 aromatic heterocycles. The minimum atomic E-state index is -0.579. The van der Waals surface area contributed by atoms with Crippen molar-refractivity contribution < 1.29 is 14.4 Å². The third-order valence-corrected chi connectivity index (χ3v) is 6.46. The third kappa shape index (κ3) is 5.02. The van der Waals surface area contributed by atoms with E-state index in [2.05, 4.69) is 17.4 Å². The molecule has 2 aliphatic rings. The summed E-state index contributed by atoms with van der Waals surface area (Å²) in [6.07, 6.45) is 3.97. The summed E-state index contributed by atoms with van der Waals surface area (Å²) in [6, 6.07) is 9.23. The first-order chi connectivity index (χ1) is 14.4. The second-order valence-corrected chi connectivity index (χ2v) is 8.87. The van der Waals surface area contributed by atoms with Crippen molar-refractivity contribution in [2.75, 3.05) is 19.6 Å². The number of nitrogens with zero attached hydrogens (tertiary/aromatic N) is 2. The molecule has 2 fully saturated rings. The molecule has 6 nitrogen and oxygen atoms in total. The van der Waals surface area contributed by atoms with Gasteiger partial charge in [0.15, 0.2) is 0 Å². The average Bonchev–Trinajstić information content (AvgIpc) is 3.10. The van der Waals surface area contributed by atoms with E-state index in [4.69, 9.17) is 0 Å². The van der Waals surface area contributed by atoms with Crippen LogP contribution in [0.5, 0.6) is 0 Å². The highest BCUT2D eigenvalue weighted by molar-refractivity contribution is 5.93. The average molecular weight is 414 g/mol. The molecule has 30 heavy (non-hydrogen) atoms. The SMILES string of the molecule is CCC(=O)NC(C(=O)N1CCC2CCCN(CCc3ccccc3)C(=O)C21)C(C)C. The van der Waals surface area contributed by atoms with Crippen LogP contribution >= 0.6 is 0 Å². The van der Waals surface area contributed by atoms with Gasteiger partial charge in [-0.15, -0.1) is 0 Å². The van der Waals surface area contributed by atoms with Crippen molar-refractivity contribution in [1.82, 2.24) is 15.1 Å². The fraction of sp³-hybridized carbons (Fsp3) is 0.625. The van der Waals surface area contributed by atoms with Crippen molar-refractivity contribution in [1.29, 1.82) is 0 Å². The predicted octanol–water partition coefficient (Wildman–Crippen LogP) is 2.62. The highest BCUT2D eigenvalue weighted by Crippen LogP contribution is 2.33. The van der Waals surface area contributed by atoms with Gasteiger partial charge in [0, 0.05) is 26.1 Å². The van der Waals surface area contributed by atoms with E-state index in [-0.39, 0.29) is 29.6 Å². The van der Waals surface area contributed by atoms with Crippen LogP contribution < -0.4 is 5.32 Å². The molecule has 6 heteroatoms. The fourth-order valence-electron chi connectivity index (χ4n) is 4.68. The van der Waals surface area contributed by atoms with Gasteiger partial charge in [0.1, 0.15) is 12.1 Å². The number of carbonyl (C=O) groups is 3. The molecule has 2 aliphatic heterocycles. The first-order valence-corrected chi connectivity index (χ1v) is 11.3. The Morgan fingerprint density at radius 1 is 1.13 bits per heavy atom. The number of nitrogens with one attached hydrogen (secondary N) is 1. The predicted molar refractivity (Wildman–Crippen MR) is 117 cm³/mol. The molecular weight excluding hydrogens is 378 g/mol. The van der Waals surface area contributed by atoms with Gasteiger partial charge >= 0.3 is 0 Å². The fourth-order valence-corrected chi connectivity index (χ4v) is 4.68. The van der Waals surface area contributed by atoms with Gasteiger partial charge in [0.25, 0.3) is 0 Å². The number of hydrogen-bond acceptors (Lipinski definition) is 3. The summed E-state index contributed by atoms with van der Waals surface area (Å²) >= 11 is 0. The summed E-state index contributed by atoms with van der Waals surface area (Å²) in [5, 5.41) is 2.87. The topological polar surface area (TPSA) is 69.7 Å². The van der Waals surface area contributed by atoms with Gasteiger partial charge in [-0.2, -0.15) is 0 Å². The van der Waals surface area contributed by atoms with E-state index in [0.29, 0.717) is 19.5 Å². The maximum Gasteiger partial charge on any atom is 0.246 e. The summed E-state index contributed by atoms with van der Waals surface area (Å²) < 4.78 is 0. The zero-order valence-corrected chi connectivity index (χ0v) is 18.5. The lowest BCUT2D eigenvalue weighted by atomic mass is 9.95. The number of benzene rings is 1. The number of carbonyl (C=O) groups excluding carboxylic acids is 3. The van der Waals surface area contributed by atoms with Crippen LogP contribution in [0.25, 0.3) is 0 Å². The molecule has 3 unspecified atom stereocenters. The van der Waals surface area contributed by atoms with E-state index < -0.39 is 12.1 Å². The van der Waals surface area contributed by atoms with Crippen LogP contribution in [0.4, 0.5) is 0 Å². The lowest BCUT2D eigenvalue weighted by Gasteiger charge is -2.33. The number of hydrogen-bond donors (Lipinski definition) is 1. The van der Waals surface area contributed by atoms with Crippen molar-refractivity contribution in [2.45, 2.75) is 65.0 Å². The van der Waals surface area contributed by atoms with Crippen LogP contribution in [0.1, 0.15) is 52.0 Å². The Labute approximate surface area is 180 Å². The van der Waals surface area contributed by atoms with Gasteiger partial charge < -0.3 is 15.1 Å². The van der Waals surface area contributed by atoms with Crippen LogP contribution in [-0.4, -0.2) is 59.2 Å².